The summed E-state index contributed by atoms with van der Waals surface area (Å²) >= 11 is 5.76. The number of nitrogens with zero attached hydrogens (tertiary/aromatic N) is 1. The minimum atomic E-state index is -0.821. The molecule has 1 amide bonds. The maximum atomic E-state index is 11.9. The van der Waals surface area contributed by atoms with E-state index in [-0.39, 0.29) is 22.8 Å². The number of phenols is 1. The smallest absolute Gasteiger partial charge is 0.303 e. The number of carbonyl (C=O) groups is 2. The van der Waals surface area contributed by atoms with Crippen molar-refractivity contribution in [1.29, 1.82) is 0 Å². The van der Waals surface area contributed by atoms with Crippen LogP contribution in [0.3, 0.4) is 0 Å². The summed E-state index contributed by atoms with van der Waals surface area (Å²) in [6.07, 6.45) is 5.73. The summed E-state index contributed by atoms with van der Waals surface area (Å²) in [6, 6.07) is 11.5. The largest absolute Gasteiger partial charge is 0.506 e. The lowest BCUT2D eigenvalue weighted by molar-refractivity contribution is -0.136. The van der Waals surface area contributed by atoms with Gasteiger partial charge in [0.1, 0.15) is 5.75 Å². The van der Waals surface area contributed by atoms with Gasteiger partial charge in [0.05, 0.1) is 11.2 Å². The monoisotopic (exact) mass is 372 g/mol. The van der Waals surface area contributed by atoms with E-state index < -0.39 is 11.9 Å². The number of rotatable bonds is 7. The lowest BCUT2D eigenvalue weighted by Gasteiger charge is -2.02. The first-order chi connectivity index (χ1) is 12.5. The van der Waals surface area contributed by atoms with Crippen LogP contribution in [-0.2, 0) is 4.79 Å². The summed E-state index contributed by atoms with van der Waals surface area (Å²) in [4.78, 5) is 22.4. The van der Waals surface area contributed by atoms with Crippen LogP contribution >= 0.6 is 11.6 Å². The summed E-state index contributed by atoms with van der Waals surface area (Å²) in [6.45, 7) is 0. The van der Waals surface area contributed by atoms with Crippen molar-refractivity contribution in [2.45, 2.75) is 12.8 Å². The predicted molar refractivity (Wildman–Crippen MR) is 101 cm³/mol. The van der Waals surface area contributed by atoms with Gasteiger partial charge in [-0.1, -0.05) is 48.0 Å². The van der Waals surface area contributed by atoms with E-state index in [9.17, 15) is 14.7 Å². The van der Waals surface area contributed by atoms with Crippen LogP contribution in [0.2, 0.25) is 5.02 Å². The van der Waals surface area contributed by atoms with Crippen LogP contribution in [0.4, 0.5) is 0 Å². The summed E-state index contributed by atoms with van der Waals surface area (Å²) in [7, 11) is 0. The third kappa shape index (κ3) is 6.07. The van der Waals surface area contributed by atoms with E-state index in [1.54, 1.807) is 6.08 Å². The number of allylic oxidation sites excluding steroid dienone is 1. The molecule has 0 spiro atoms. The van der Waals surface area contributed by atoms with Crippen LogP contribution in [0.1, 0.15) is 34.3 Å². The zero-order valence-corrected chi connectivity index (χ0v) is 14.5. The molecule has 0 saturated heterocycles. The molecule has 0 aliphatic carbocycles. The van der Waals surface area contributed by atoms with Gasteiger partial charge in [0, 0.05) is 12.0 Å². The highest BCUT2D eigenvalue weighted by atomic mass is 35.5. The van der Waals surface area contributed by atoms with Crippen LogP contribution in [0.25, 0.3) is 6.08 Å². The van der Waals surface area contributed by atoms with Crippen molar-refractivity contribution >= 4 is 35.8 Å². The number of benzene rings is 2. The highest BCUT2D eigenvalue weighted by Gasteiger charge is 2.07. The molecule has 0 heterocycles. The number of nitrogens with one attached hydrogen (secondary N) is 1. The van der Waals surface area contributed by atoms with Crippen LogP contribution in [0, 0.1) is 0 Å². The number of amides is 1. The van der Waals surface area contributed by atoms with E-state index in [1.165, 1.54) is 24.4 Å². The van der Waals surface area contributed by atoms with Crippen LogP contribution in [0.15, 0.2) is 53.6 Å². The summed E-state index contributed by atoms with van der Waals surface area (Å²) < 4.78 is 0. The summed E-state index contributed by atoms with van der Waals surface area (Å²) in [5.74, 6) is -1.36. The normalized spacial score (nSPS) is 11.1. The van der Waals surface area contributed by atoms with E-state index in [1.807, 2.05) is 30.3 Å². The molecule has 0 aliphatic heterocycles. The molecule has 2 aromatic rings. The molecule has 0 unspecified atom stereocenters. The molecule has 0 bridgehead atoms. The predicted octanol–water partition coefficient (Wildman–Crippen LogP) is 3.69. The average molecular weight is 373 g/mol. The van der Waals surface area contributed by atoms with Crippen LogP contribution < -0.4 is 5.43 Å². The highest BCUT2D eigenvalue weighted by molar-refractivity contribution is 6.32. The second-order valence-electron chi connectivity index (χ2n) is 5.37. The van der Waals surface area contributed by atoms with Gasteiger partial charge in [0.2, 0.25) is 0 Å². The topological polar surface area (TPSA) is 99.0 Å². The molecule has 0 fully saturated rings. The molecular formula is C19H17ClN2O4. The Kier molecular flexibility index (Phi) is 6.93. The lowest BCUT2D eigenvalue weighted by Crippen LogP contribution is -2.17. The Morgan fingerprint density at radius 2 is 1.81 bits per heavy atom. The number of aromatic hydroxyl groups is 1. The zero-order valence-electron chi connectivity index (χ0n) is 13.7. The number of carboxylic acids is 1. The first kappa shape index (κ1) is 19.2. The molecule has 3 N–H and O–H groups in total. The molecule has 0 atom stereocenters. The molecular weight excluding hydrogens is 356 g/mol. The maximum Gasteiger partial charge on any atom is 0.303 e. The first-order valence-corrected chi connectivity index (χ1v) is 8.14. The molecule has 0 saturated carbocycles. The van der Waals surface area contributed by atoms with Gasteiger partial charge >= 0.3 is 5.97 Å². The van der Waals surface area contributed by atoms with Crippen molar-refractivity contribution in [2.24, 2.45) is 5.10 Å². The number of carboxylic acid groups (broad SMARTS) is 1. The second-order valence-corrected chi connectivity index (χ2v) is 5.77. The van der Waals surface area contributed by atoms with E-state index in [0.29, 0.717) is 6.42 Å². The number of carbonyl (C=O) groups excluding carboxylic acids is 1. The standard InChI is InChI=1S/C19H17ClN2O4/c20-16-11-15(9-10-17(16)23)19(26)22-21-12-14-7-5-13(6-8-14)3-1-2-4-18(24)25/h1,3,5-12,23H,2,4H2,(H,22,26)(H,24,25)/b3-1+,21-12+. The molecule has 0 aromatic heterocycles. The van der Waals surface area contributed by atoms with Gasteiger partial charge in [-0.15, -0.1) is 0 Å². The number of hydrogen-bond donors (Lipinski definition) is 3. The fraction of sp³-hybridized carbons (Fsp3) is 0.105. The number of aliphatic carboxylic acids is 1. The van der Waals surface area contributed by atoms with Crippen LogP contribution in [-0.4, -0.2) is 28.3 Å². The number of hydrazone groups is 1. The first-order valence-electron chi connectivity index (χ1n) is 7.76. The van der Waals surface area contributed by atoms with Crippen molar-refractivity contribution in [3.05, 3.63) is 70.3 Å². The van der Waals surface area contributed by atoms with E-state index >= 15 is 0 Å². The molecule has 0 aliphatic rings. The average Bonchev–Trinajstić information content (AvgIpc) is 2.62. The van der Waals surface area contributed by atoms with Gasteiger partial charge in [-0.25, -0.2) is 5.43 Å². The van der Waals surface area contributed by atoms with Gasteiger partial charge in [0.15, 0.2) is 0 Å². The fourth-order valence-corrected chi connectivity index (χ4v) is 2.18. The van der Waals surface area contributed by atoms with Gasteiger partial charge in [0.25, 0.3) is 5.91 Å². The van der Waals surface area contributed by atoms with E-state index in [4.69, 9.17) is 16.7 Å². The quantitative estimate of drug-likeness (QED) is 0.510. The molecule has 7 heteroatoms. The highest BCUT2D eigenvalue weighted by Crippen LogP contribution is 2.23. The molecule has 2 aromatic carbocycles. The van der Waals surface area contributed by atoms with Crippen molar-refractivity contribution < 1.29 is 19.8 Å². The second kappa shape index (κ2) is 9.39. The SMILES string of the molecule is O=C(O)CC/C=C/c1ccc(/C=N/NC(=O)c2ccc(O)c(Cl)c2)cc1. The van der Waals surface area contributed by atoms with Crippen molar-refractivity contribution in [2.75, 3.05) is 0 Å². The number of hydrogen-bond acceptors (Lipinski definition) is 4. The van der Waals surface area contributed by atoms with Gasteiger partial charge < -0.3 is 10.2 Å². The van der Waals surface area contributed by atoms with E-state index in [0.717, 1.165) is 11.1 Å². The third-order valence-corrected chi connectivity index (χ3v) is 3.66. The Hall–Kier alpha value is -3.12. The van der Waals surface area contributed by atoms with Gasteiger partial charge in [-0.05, 0) is 35.7 Å². The van der Waals surface area contributed by atoms with Crippen LogP contribution in [0.5, 0.6) is 5.75 Å². The Labute approximate surface area is 155 Å². The molecule has 26 heavy (non-hydrogen) atoms. The minimum absolute atomic E-state index is 0.0913. The summed E-state index contributed by atoms with van der Waals surface area (Å²) in [5, 5.41) is 21.9. The third-order valence-electron chi connectivity index (χ3n) is 3.36. The minimum Gasteiger partial charge on any atom is -0.506 e. The summed E-state index contributed by atoms with van der Waals surface area (Å²) in [5.41, 5.74) is 4.39. The number of halogens is 1. The Morgan fingerprint density at radius 1 is 1.12 bits per heavy atom. The Bertz CT molecular complexity index is 845. The zero-order chi connectivity index (χ0) is 18.9. The van der Waals surface area contributed by atoms with Gasteiger partial charge in [-0.3, -0.25) is 9.59 Å². The Morgan fingerprint density at radius 3 is 2.46 bits per heavy atom. The Balaban J connectivity index is 1.88. The number of phenolic OH excluding ortho intramolecular Hbond substituents is 1. The molecule has 134 valence electrons. The van der Waals surface area contributed by atoms with Crippen molar-refractivity contribution in [3.63, 3.8) is 0 Å². The van der Waals surface area contributed by atoms with Gasteiger partial charge in [-0.2, -0.15) is 5.10 Å². The maximum absolute atomic E-state index is 11.9. The van der Waals surface area contributed by atoms with E-state index in [2.05, 4.69) is 10.5 Å². The molecule has 0 radical (unpaired) electrons. The van der Waals surface area contributed by atoms with Crippen molar-refractivity contribution in [3.8, 4) is 5.75 Å². The lowest BCUT2D eigenvalue weighted by atomic mass is 10.1. The fourth-order valence-electron chi connectivity index (χ4n) is 2.00. The molecule has 6 nitrogen and oxygen atoms in total. The van der Waals surface area contributed by atoms with Crippen molar-refractivity contribution in [1.82, 2.24) is 5.43 Å². The molecule has 2 rings (SSSR count).